The Morgan fingerprint density at radius 3 is 1.42 bits per heavy atom. The minimum atomic E-state index is -0.172. The quantitative estimate of drug-likeness (QED) is 0.468. The van der Waals surface area contributed by atoms with Gasteiger partial charge in [0, 0.05) is 18.1 Å². The van der Waals surface area contributed by atoms with E-state index in [1.807, 2.05) is 6.20 Å². The van der Waals surface area contributed by atoms with Crippen molar-refractivity contribution in [2.75, 3.05) is 0 Å². The first-order valence-corrected chi connectivity index (χ1v) is 13.0. The van der Waals surface area contributed by atoms with Crippen LogP contribution in [0.3, 0.4) is 0 Å². The number of aromatic nitrogens is 1. The van der Waals surface area contributed by atoms with Gasteiger partial charge in [-0.05, 0) is 38.4 Å². The Balaban J connectivity index is 3.26. The van der Waals surface area contributed by atoms with Crippen LogP contribution in [-0.4, -0.2) is 25.6 Å². The van der Waals surface area contributed by atoms with Crippen molar-refractivity contribution < 1.29 is 0 Å². The molecular weight excluding hydrogens is 352 g/mol. The minimum Gasteiger partial charge on any atom is -0.261 e. The summed E-state index contributed by atoms with van der Waals surface area (Å²) < 4.78 is 0. The predicted molar refractivity (Wildman–Crippen MR) is 124 cm³/mol. The topological polar surface area (TPSA) is 12.9 Å². The van der Waals surface area contributed by atoms with Crippen LogP contribution in [0, 0.1) is 0 Å². The normalized spacial score (nSPS) is 14.4. The van der Waals surface area contributed by atoms with Crippen molar-refractivity contribution in [3.05, 3.63) is 29.6 Å². The van der Waals surface area contributed by atoms with Crippen molar-refractivity contribution in [1.82, 2.24) is 4.98 Å². The van der Waals surface area contributed by atoms with Crippen LogP contribution in [-0.2, 0) is 12.3 Å². The molecule has 0 unspecified atom stereocenters. The molecule has 1 heterocycles. The van der Waals surface area contributed by atoms with Crippen LogP contribution in [0.25, 0.3) is 0 Å². The van der Waals surface area contributed by atoms with E-state index in [9.17, 15) is 0 Å². The van der Waals surface area contributed by atoms with E-state index in [2.05, 4.69) is 95.2 Å². The van der Waals surface area contributed by atoms with Gasteiger partial charge < -0.3 is 0 Å². The molecule has 0 saturated heterocycles. The zero-order chi connectivity index (χ0) is 20.6. The predicted octanol–water partition coefficient (Wildman–Crippen LogP) is 8.24. The lowest BCUT2D eigenvalue weighted by Crippen LogP contribution is -2.27. The first-order valence-electron chi connectivity index (χ1n) is 9.92. The molecule has 0 saturated carbocycles. The summed E-state index contributed by atoms with van der Waals surface area (Å²) in [6.07, 6.45) is 4.31. The first-order chi connectivity index (χ1) is 11.4. The standard InChI is InChI=1S/C23H43NP2/c1-20(2,3)25(21(4,5)6)16-18-14-13-15-24-19(18)17-26(22(7,8)9)23(10,11)12/h13-15H,16-17H2,1-12H3. The minimum absolute atomic E-state index is 0.149. The average Bonchev–Trinajstić information content (AvgIpc) is 2.38. The van der Waals surface area contributed by atoms with Gasteiger partial charge in [0.2, 0.25) is 0 Å². The fourth-order valence-corrected chi connectivity index (χ4v) is 11.2. The van der Waals surface area contributed by atoms with Crippen LogP contribution in [0.15, 0.2) is 18.3 Å². The van der Waals surface area contributed by atoms with Crippen molar-refractivity contribution >= 4 is 15.8 Å². The Bertz CT molecular complexity index is 499. The second kappa shape index (κ2) is 8.17. The van der Waals surface area contributed by atoms with E-state index in [1.54, 1.807) is 0 Å². The smallest absolute Gasteiger partial charge is 0.0482 e. The molecule has 0 aromatic carbocycles. The third kappa shape index (κ3) is 6.87. The second-order valence-corrected chi connectivity index (χ2v) is 19.2. The largest absolute Gasteiger partial charge is 0.261 e. The molecule has 1 aromatic heterocycles. The van der Waals surface area contributed by atoms with Gasteiger partial charge in [-0.15, -0.1) is 0 Å². The Kier molecular flexibility index (Phi) is 7.56. The number of nitrogens with zero attached hydrogens (tertiary/aromatic N) is 1. The van der Waals surface area contributed by atoms with E-state index in [4.69, 9.17) is 4.98 Å². The van der Waals surface area contributed by atoms with Gasteiger partial charge in [0.25, 0.3) is 0 Å². The summed E-state index contributed by atoms with van der Waals surface area (Å²) in [5.74, 6) is 0. The maximum absolute atomic E-state index is 4.89. The SMILES string of the molecule is CC(C)(C)P(Cc1cccnc1CP(C(C)(C)C)C(C)(C)C)C(C)(C)C. The fraction of sp³-hybridized carbons (Fsp3) is 0.783. The molecule has 1 aromatic rings. The summed E-state index contributed by atoms with van der Waals surface area (Å²) in [5.41, 5.74) is 2.84. The summed E-state index contributed by atoms with van der Waals surface area (Å²) in [4.78, 5) is 4.89. The molecule has 0 aliphatic carbocycles. The summed E-state index contributed by atoms with van der Waals surface area (Å²) >= 11 is 0. The molecule has 0 radical (unpaired) electrons. The Morgan fingerprint density at radius 2 is 1.04 bits per heavy atom. The molecule has 0 fully saturated rings. The maximum atomic E-state index is 4.89. The molecule has 0 amide bonds. The highest BCUT2D eigenvalue weighted by Gasteiger charge is 2.37. The number of hydrogen-bond donors (Lipinski definition) is 0. The van der Waals surface area contributed by atoms with Gasteiger partial charge in [-0.25, -0.2) is 0 Å². The van der Waals surface area contributed by atoms with Gasteiger partial charge in [-0.2, -0.15) is 0 Å². The highest BCUT2D eigenvalue weighted by atomic mass is 31.1. The third-order valence-corrected chi connectivity index (χ3v) is 12.6. The summed E-state index contributed by atoms with van der Waals surface area (Å²) in [6.45, 7) is 28.9. The van der Waals surface area contributed by atoms with E-state index >= 15 is 0 Å². The second-order valence-electron chi connectivity index (χ2n) is 11.5. The molecule has 0 bridgehead atoms. The van der Waals surface area contributed by atoms with E-state index in [0.717, 1.165) is 6.16 Å². The molecule has 1 rings (SSSR count). The molecule has 26 heavy (non-hydrogen) atoms. The average molecular weight is 396 g/mol. The Labute approximate surface area is 166 Å². The number of hydrogen-bond acceptors (Lipinski definition) is 1. The van der Waals surface area contributed by atoms with Gasteiger partial charge in [-0.3, -0.25) is 4.98 Å². The van der Waals surface area contributed by atoms with Crippen molar-refractivity contribution in [3.8, 4) is 0 Å². The molecule has 0 atom stereocenters. The lowest BCUT2D eigenvalue weighted by molar-refractivity contribution is 0.698. The monoisotopic (exact) mass is 395 g/mol. The maximum Gasteiger partial charge on any atom is 0.0482 e. The fourth-order valence-electron chi connectivity index (χ4n) is 4.04. The van der Waals surface area contributed by atoms with Crippen molar-refractivity contribution in [2.24, 2.45) is 0 Å². The lowest BCUT2D eigenvalue weighted by atomic mass is 10.2. The summed E-state index contributed by atoms with van der Waals surface area (Å²) in [6, 6.07) is 4.47. The molecule has 150 valence electrons. The molecule has 1 nitrogen and oxygen atoms in total. The molecule has 0 aliphatic rings. The van der Waals surface area contributed by atoms with Crippen molar-refractivity contribution in [3.63, 3.8) is 0 Å². The molecule has 0 aliphatic heterocycles. The van der Waals surface area contributed by atoms with Gasteiger partial charge in [0.15, 0.2) is 0 Å². The first kappa shape index (κ1) is 24.0. The Hall–Kier alpha value is 0.01000. The van der Waals surface area contributed by atoms with Crippen LogP contribution in [0.5, 0.6) is 0 Å². The van der Waals surface area contributed by atoms with Gasteiger partial charge >= 0.3 is 0 Å². The highest BCUT2D eigenvalue weighted by molar-refractivity contribution is 7.60. The lowest BCUT2D eigenvalue weighted by Gasteiger charge is -2.43. The number of rotatable bonds is 4. The molecule has 0 spiro atoms. The zero-order valence-electron chi connectivity index (χ0n) is 19.5. The molecule has 0 N–H and O–H groups in total. The van der Waals surface area contributed by atoms with E-state index in [1.165, 1.54) is 17.4 Å². The van der Waals surface area contributed by atoms with Crippen LogP contribution in [0.4, 0.5) is 0 Å². The van der Waals surface area contributed by atoms with E-state index < -0.39 is 0 Å². The summed E-state index contributed by atoms with van der Waals surface area (Å²) in [7, 11) is -0.321. The van der Waals surface area contributed by atoms with Crippen molar-refractivity contribution in [2.45, 2.75) is 116 Å². The van der Waals surface area contributed by atoms with Crippen molar-refractivity contribution in [1.29, 1.82) is 0 Å². The van der Waals surface area contributed by atoms with Crippen LogP contribution >= 0.6 is 15.8 Å². The van der Waals surface area contributed by atoms with E-state index in [0.29, 0.717) is 20.6 Å². The van der Waals surface area contributed by atoms with Gasteiger partial charge in [-0.1, -0.05) is 105 Å². The van der Waals surface area contributed by atoms with Crippen LogP contribution in [0.1, 0.15) is 94.3 Å². The number of pyridine rings is 1. The van der Waals surface area contributed by atoms with Gasteiger partial charge in [0.1, 0.15) is 0 Å². The zero-order valence-corrected chi connectivity index (χ0v) is 21.3. The van der Waals surface area contributed by atoms with Crippen LogP contribution < -0.4 is 0 Å². The van der Waals surface area contributed by atoms with E-state index in [-0.39, 0.29) is 15.8 Å². The molecular formula is C23H43NP2. The summed E-state index contributed by atoms with van der Waals surface area (Å²) in [5, 5.41) is 1.36. The van der Waals surface area contributed by atoms with Crippen LogP contribution in [0.2, 0.25) is 0 Å². The molecule has 3 heteroatoms. The third-order valence-electron chi connectivity index (χ3n) is 4.86. The Morgan fingerprint density at radius 1 is 0.654 bits per heavy atom. The van der Waals surface area contributed by atoms with Gasteiger partial charge in [0.05, 0.1) is 0 Å². The highest BCUT2D eigenvalue weighted by Crippen LogP contribution is 2.63.